The van der Waals surface area contributed by atoms with Crippen LogP contribution >= 0.6 is 11.8 Å². The minimum Gasteiger partial charge on any atom is -0.353 e. The first-order chi connectivity index (χ1) is 6.68. The molecule has 4 heteroatoms. The molecule has 14 heavy (non-hydrogen) atoms. The molecule has 1 rings (SSSR count). The number of carbonyl (C=O) groups is 1. The number of amides is 1. The van der Waals surface area contributed by atoms with Gasteiger partial charge < -0.3 is 5.32 Å². The number of nitrogens with one attached hydrogen (secondary N) is 1. The van der Waals surface area contributed by atoms with Gasteiger partial charge in [-0.1, -0.05) is 17.8 Å². The van der Waals surface area contributed by atoms with Gasteiger partial charge in [0.2, 0.25) is 5.91 Å². The number of pyridine rings is 1. The summed E-state index contributed by atoms with van der Waals surface area (Å²) in [5.74, 6) is 0.477. The third kappa shape index (κ3) is 4.28. The summed E-state index contributed by atoms with van der Waals surface area (Å²) in [6.07, 6.45) is 1.72. The third-order valence-electron chi connectivity index (χ3n) is 1.44. The van der Waals surface area contributed by atoms with Crippen molar-refractivity contribution in [3.8, 4) is 0 Å². The number of rotatable bonds is 4. The highest BCUT2D eigenvalue weighted by molar-refractivity contribution is 7.99. The van der Waals surface area contributed by atoms with E-state index in [1.165, 1.54) is 11.8 Å². The summed E-state index contributed by atoms with van der Waals surface area (Å²) >= 11 is 1.45. The second kappa shape index (κ2) is 5.65. The summed E-state index contributed by atoms with van der Waals surface area (Å²) in [6, 6.07) is 5.87. The molecule has 0 aliphatic rings. The largest absolute Gasteiger partial charge is 0.353 e. The van der Waals surface area contributed by atoms with E-state index < -0.39 is 0 Å². The number of carbonyl (C=O) groups excluding carboxylic acids is 1. The Bertz CT molecular complexity index is 287. The van der Waals surface area contributed by atoms with Gasteiger partial charge in [-0.3, -0.25) is 4.79 Å². The number of hydrogen-bond donors (Lipinski definition) is 1. The van der Waals surface area contributed by atoms with Crippen molar-refractivity contribution in [2.24, 2.45) is 0 Å². The highest BCUT2D eigenvalue weighted by Gasteiger charge is 2.03. The second-order valence-electron chi connectivity index (χ2n) is 3.18. The van der Waals surface area contributed by atoms with Crippen LogP contribution in [0.3, 0.4) is 0 Å². The minimum absolute atomic E-state index is 0.0515. The molecule has 1 amide bonds. The van der Waals surface area contributed by atoms with E-state index in [4.69, 9.17) is 0 Å². The lowest BCUT2D eigenvalue weighted by Crippen LogP contribution is -2.31. The highest BCUT2D eigenvalue weighted by atomic mass is 32.2. The Morgan fingerprint density at radius 3 is 2.93 bits per heavy atom. The van der Waals surface area contributed by atoms with Crippen LogP contribution in [0.15, 0.2) is 29.4 Å². The molecule has 0 bridgehead atoms. The fourth-order valence-corrected chi connectivity index (χ4v) is 1.61. The first kappa shape index (κ1) is 11.0. The molecule has 0 spiro atoms. The topological polar surface area (TPSA) is 42.0 Å². The average molecular weight is 210 g/mol. The van der Waals surface area contributed by atoms with E-state index in [0.717, 1.165) is 5.03 Å². The molecule has 76 valence electrons. The molecule has 0 aliphatic carbocycles. The van der Waals surface area contributed by atoms with Crippen LogP contribution in [0.5, 0.6) is 0 Å². The Balaban J connectivity index is 2.31. The van der Waals surface area contributed by atoms with Crippen LogP contribution in [0.25, 0.3) is 0 Å². The Hall–Kier alpha value is -1.03. The molecule has 0 unspecified atom stereocenters. The maximum atomic E-state index is 11.3. The molecule has 0 saturated carbocycles. The van der Waals surface area contributed by atoms with Gasteiger partial charge in [-0.25, -0.2) is 4.98 Å². The van der Waals surface area contributed by atoms with Gasteiger partial charge in [0.05, 0.1) is 10.8 Å². The maximum Gasteiger partial charge on any atom is 0.230 e. The number of thioether (sulfide) groups is 1. The van der Waals surface area contributed by atoms with Crippen LogP contribution in [0, 0.1) is 0 Å². The number of hydrogen-bond acceptors (Lipinski definition) is 3. The maximum absolute atomic E-state index is 11.3. The Labute approximate surface area is 88.3 Å². The predicted molar refractivity (Wildman–Crippen MR) is 58.2 cm³/mol. The summed E-state index contributed by atoms with van der Waals surface area (Å²) in [4.78, 5) is 15.4. The summed E-state index contributed by atoms with van der Waals surface area (Å²) in [5, 5.41) is 3.71. The van der Waals surface area contributed by atoms with Crippen LogP contribution in [-0.4, -0.2) is 22.7 Å². The number of aromatic nitrogens is 1. The van der Waals surface area contributed by atoms with Crippen LogP contribution in [0.4, 0.5) is 0 Å². The first-order valence-corrected chi connectivity index (χ1v) is 5.50. The fourth-order valence-electron chi connectivity index (χ4n) is 0.936. The molecule has 1 aromatic rings. The molecule has 1 N–H and O–H groups in total. The van der Waals surface area contributed by atoms with E-state index in [1.807, 2.05) is 32.0 Å². The first-order valence-electron chi connectivity index (χ1n) is 4.51. The van der Waals surface area contributed by atoms with Crippen molar-refractivity contribution in [2.75, 3.05) is 5.75 Å². The molecule has 0 fully saturated rings. The van der Waals surface area contributed by atoms with Crippen molar-refractivity contribution in [3.63, 3.8) is 0 Å². The van der Waals surface area contributed by atoms with Crippen LogP contribution in [0.2, 0.25) is 0 Å². The summed E-state index contributed by atoms with van der Waals surface area (Å²) in [6.45, 7) is 3.90. The van der Waals surface area contributed by atoms with Gasteiger partial charge in [-0.05, 0) is 26.0 Å². The quantitative estimate of drug-likeness (QED) is 0.769. The van der Waals surface area contributed by atoms with Gasteiger partial charge in [0.1, 0.15) is 0 Å². The van der Waals surface area contributed by atoms with Crippen molar-refractivity contribution in [2.45, 2.75) is 24.9 Å². The van der Waals surface area contributed by atoms with E-state index >= 15 is 0 Å². The van der Waals surface area contributed by atoms with Gasteiger partial charge in [0.25, 0.3) is 0 Å². The molecule has 0 saturated heterocycles. The van der Waals surface area contributed by atoms with Crippen molar-refractivity contribution < 1.29 is 4.79 Å². The molecule has 1 heterocycles. The Kier molecular flexibility index (Phi) is 4.46. The lowest BCUT2D eigenvalue weighted by molar-refractivity contribution is -0.119. The van der Waals surface area contributed by atoms with Gasteiger partial charge in [0.15, 0.2) is 0 Å². The Morgan fingerprint density at radius 2 is 2.36 bits per heavy atom. The van der Waals surface area contributed by atoms with E-state index in [1.54, 1.807) is 6.20 Å². The SMILES string of the molecule is CC(C)NC(=O)CSc1ccccn1. The highest BCUT2D eigenvalue weighted by Crippen LogP contribution is 2.12. The smallest absolute Gasteiger partial charge is 0.230 e. The summed E-state index contributed by atoms with van der Waals surface area (Å²) in [7, 11) is 0. The molecular formula is C10H14N2OS. The van der Waals surface area contributed by atoms with Gasteiger partial charge in [0, 0.05) is 12.2 Å². The zero-order valence-corrected chi connectivity index (χ0v) is 9.17. The summed E-state index contributed by atoms with van der Waals surface area (Å²) in [5.41, 5.74) is 0. The van der Waals surface area contributed by atoms with E-state index in [-0.39, 0.29) is 11.9 Å². The normalized spacial score (nSPS) is 10.2. The second-order valence-corrected chi connectivity index (χ2v) is 4.17. The zero-order chi connectivity index (χ0) is 10.4. The monoisotopic (exact) mass is 210 g/mol. The van der Waals surface area contributed by atoms with Crippen molar-refractivity contribution in [1.29, 1.82) is 0 Å². The van der Waals surface area contributed by atoms with E-state index in [9.17, 15) is 4.79 Å². The molecule has 0 aromatic carbocycles. The average Bonchev–Trinajstić information content (AvgIpc) is 2.15. The molecule has 0 aliphatic heterocycles. The van der Waals surface area contributed by atoms with Crippen LogP contribution in [-0.2, 0) is 4.79 Å². The molecule has 3 nitrogen and oxygen atoms in total. The minimum atomic E-state index is 0.0515. The molecule has 1 aromatic heterocycles. The van der Waals surface area contributed by atoms with Crippen molar-refractivity contribution in [3.05, 3.63) is 24.4 Å². The predicted octanol–water partition coefficient (Wildman–Crippen LogP) is 1.70. The third-order valence-corrected chi connectivity index (χ3v) is 2.38. The Morgan fingerprint density at radius 1 is 1.57 bits per heavy atom. The van der Waals surface area contributed by atoms with Crippen molar-refractivity contribution in [1.82, 2.24) is 10.3 Å². The number of nitrogens with zero attached hydrogens (tertiary/aromatic N) is 1. The van der Waals surface area contributed by atoms with Crippen LogP contribution in [0.1, 0.15) is 13.8 Å². The van der Waals surface area contributed by atoms with E-state index in [0.29, 0.717) is 5.75 Å². The molecular weight excluding hydrogens is 196 g/mol. The van der Waals surface area contributed by atoms with E-state index in [2.05, 4.69) is 10.3 Å². The van der Waals surface area contributed by atoms with Crippen molar-refractivity contribution >= 4 is 17.7 Å². The van der Waals surface area contributed by atoms with Crippen LogP contribution < -0.4 is 5.32 Å². The summed E-state index contributed by atoms with van der Waals surface area (Å²) < 4.78 is 0. The van der Waals surface area contributed by atoms with Gasteiger partial charge in [-0.2, -0.15) is 0 Å². The lowest BCUT2D eigenvalue weighted by Gasteiger charge is -2.07. The lowest BCUT2D eigenvalue weighted by atomic mass is 10.4. The molecule has 0 radical (unpaired) electrons. The molecule has 0 atom stereocenters. The zero-order valence-electron chi connectivity index (χ0n) is 8.36. The van der Waals surface area contributed by atoms with Gasteiger partial charge >= 0.3 is 0 Å². The standard InChI is InChI=1S/C10H14N2OS/c1-8(2)12-9(13)7-14-10-5-3-4-6-11-10/h3-6,8H,7H2,1-2H3,(H,12,13). The fraction of sp³-hybridized carbons (Fsp3) is 0.400. The van der Waals surface area contributed by atoms with Gasteiger partial charge in [-0.15, -0.1) is 0 Å².